The molecule has 166 valence electrons. The summed E-state index contributed by atoms with van der Waals surface area (Å²) in [6.07, 6.45) is 11.6. The van der Waals surface area contributed by atoms with E-state index in [1.54, 1.807) is 6.19 Å². The van der Waals surface area contributed by atoms with Crippen LogP contribution in [0, 0.1) is 11.5 Å². The van der Waals surface area contributed by atoms with Crippen LogP contribution in [-0.2, 0) is 35.6 Å². The number of nitrogens with one attached hydrogen (secondary N) is 2. The molecule has 0 bridgehead atoms. The molecule has 31 heavy (non-hydrogen) atoms. The summed E-state index contributed by atoms with van der Waals surface area (Å²) in [6, 6.07) is 2.24. The minimum Gasteiger partial charge on any atom is -0.307 e. The molecule has 0 saturated carbocycles. The molecule has 0 aromatic heterocycles. The highest BCUT2D eigenvalue weighted by Gasteiger charge is 2.27. The van der Waals surface area contributed by atoms with Gasteiger partial charge in [-0.05, 0) is 94.0 Å². The normalized spacial score (nSPS) is 22.2. The number of benzene rings is 1. The number of nitriles is 1. The number of carbonyl (C=O) groups is 1. The molecule has 1 aromatic rings. The molecule has 1 aromatic carbocycles. The van der Waals surface area contributed by atoms with Crippen LogP contribution in [0.3, 0.4) is 0 Å². The van der Waals surface area contributed by atoms with E-state index in [2.05, 4.69) is 39.2 Å². The molecule has 2 amide bonds. The molecule has 2 aliphatic carbocycles. The lowest BCUT2D eigenvalue weighted by Gasteiger charge is -2.26. The summed E-state index contributed by atoms with van der Waals surface area (Å²) >= 11 is 0. The molecule has 7 nitrogen and oxygen atoms in total. The maximum Gasteiger partial charge on any atom is 0.331 e. The Labute approximate surface area is 185 Å². The van der Waals surface area contributed by atoms with Gasteiger partial charge in [-0.15, -0.1) is 0 Å². The quantitative estimate of drug-likeness (QED) is 0.674. The number of hydrogen-bond acceptors (Lipinski definition) is 5. The number of urea groups is 1. The van der Waals surface area contributed by atoms with Gasteiger partial charge in [0.2, 0.25) is 6.19 Å². The van der Waals surface area contributed by atoms with Crippen LogP contribution >= 0.6 is 0 Å². The van der Waals surface area contributed by atoms with E-state index in [1.807, 2.05) is 6.08 Å². The first-order valence-corrected chi connectivity index (χ1v) is 12.8. The third kappa shape index (κ3) is 4.63. The minimum atomic E-state index is -3.33. The molecule has 1 unspecified atom stereocenters. The molecule has 1 heterocycles. The fourth-order valence-electron chi connectivity index (χ4n) is 5.25. The number of nitrogens with zero attached hydrogens (tertiary/aromatic N) is 3. The van der Waals surface area contributed by atoms with E-state index >= 15 is 0 Å². The summed E-state index contributed by atoms with van der Waals surface area (Å²) in [7, 11) is -3.33. The van der Waals surface area contributed by atoms with Crippen LogP contribution in [0.15, 0.2) is 21.9 Å². The van der Waals surface area contributed by atoms with Crippen LogP contribution in [0.4, 0.5) is 10.5 Å². The number of hydrogen-bond donors (Lipinski definition) is 2. The highest BCUT2D eigenvalue weighted by atomic mass is 32.2. The molecule has 2 atom stereocenters. The molecule has 3 aliphatic rings. The van der Waals surface area contributed by atoms with Crippen molar-refractivity contribution in [1.29, 1.82) is 5.26 Å². The maximum absolute atomic E-state index is 13.2. The monoisotopic (exact) mass is 441 g/mol. The minimum absolute atomic E-state index is 0.139. The van der Waals surface area contributed by atoms with Crippen LogP contribution in [-0.4, -0.2) is 33.8 Å². The van der Waals surface area contributed by atoms with Crippen LogP contribution in [0.5, 0.6) is 0 Å². The van der Waals surface area contributed by atoms with Crippen molar-refractivity contribution >= 4 is 21.6 Å². The molecule has 1 saturated heterocycles. The Kier molecular flexibility index (Phi) is 6.35. The fraction of sp³-hybridized carbons (Fsp3) is 0.565. The van der Waals surface area contributed by atoms with Crippen LogP contribution in [0.2, 0.25) is 0 Å². The molecular formula is C23H31N5O2S. The van der Waals surface area contributed by atoms with Gasteiger partial charge in [-0.3, -0.25) is 4.90 Å². The van der Waals surface area contributed by atoms with Gasteiger partial charge in [0.25, 0.3) is 0 Å². The molecular weight excluding hydrogens is 410 g/mol. The summed E-state index contributed by atoms with van der Waals surface area (Å²) in [5.74, 6) is 0. The van der Waals surface area contributed by atoms with Gasteiger partial charge in [-0.25, -0.2) is 13.7 Å². The van der Waals surface area contributed by atoms with E-state index in [9.17, 15) is 9.00 Å². The fourth-order valence-corrected chi connectivity index (χ4v) is 6.25. The molecule has 4 rings (SSSR count). The van der Waals surface area contributed by atoms with Gasteiger partial charge in [0, 0.05) is 23.2 Å². The largest absolute Gasteiger partial charge is 0.331 e. The maximum atomic E-state index is 13.2. The average molecular weight is 442 g/mol. The third-order valence-corrected chi connectivity index (χ3v) is 7.97. The van der Waals surface area contributed by atoms with Gasteiger partial charge in [0.1, 0.15) is 0 Å². The first-order chi connectivity index (χ1) is 14.9. The highest BCUT2D eigenvalue weighted by molar-refractivity contribution is 7.95. The van der Waals surface area contributed by atoms with Crippen molar-refractivity contribution in [2.24, 2.45) is 4.36 Å². The zero-order chi connectivity index (χ0) is 22.0. The number of likely N-dealkylation sites (tertiary alicyclic amines) is 1. The van der Waals surface area contributed by atoms with Crippen molar-refractivity contribution in [3.05, 3.63) is 39.8 Å². The molecule has 1 fully saturated rings. The van der Waals surface area contributed by atoms with E-state index in [4.69, 9.17) is 5.26 Å². The lowest BCUT2D eigenvalue weighted by atomic mass is 9.99. The van der Waals surface area contributed by atoms with Crippen LogP contribution in [0.25, 0.3) is 0 Å². The second-order valence-corrected chi connectivity index (χ2v) is 10.7. The van der Waals surface area contributed by atoms with Crippen molar-refractivity contribution in [1.82, 2.24) is 9.62 Å². The van der Waals surface area contributed by atoms with Crippen molar-refractivity contribution in [3.63, 3.8) is 0 Å². The van der Waals surface area contributed by atoms with Crippen molar-refractivity contribution in [3.8, 4) is 6.19 Å². The first-order valence-electron chi connectivity index (χ1n) is 11.2. The van der Waals surface area contributed by atoms with Gasteiger partial charge in [0.15, 0.2) is 9.92 Å². The average Bonchev–Trinajstić information content (AvgIpc) is 3.46. The number of rotatable bonds is 5. The number of aryl methyl sites for hydroxylation is 2. The van der Waals surface area contributed by atoms with E-state index < -0.39 is 15.9 Å². The molecule has 2 N–H and O–H groups in total. The highest BCUT2D eigenvalue weighted by Crippen LogP contribution is 2.38. The number of amides is 2. The summed E-state index contributed by atoms with van der Waals surface area (Å²) in [4.78, 5) is 15.2. The van der Waals surface area contributed by atoms with E-state index in [0.29, 0.717) is 6.04 Å². The topological polar surface area (TPSA) is 97.6 Å². The molecule has 8 heteroatoms. The van der Waals surface area contributed by atoms with Gasteiger partial charge in [-0.1, -0.05) is 16.5 Å². The Morgan fingerprint density at radius 1 is 1.23 bits per heavy atom. The second kappa shape index (κ2) is 9.01. The molecule has 0 radical (unpaired) electrons. The number of fused-ring (bicyclic) bond motifs is 2. The zero-order valence-electron chi connectivity index (χ0n) is 18.3. The second-order valence-electron chi connectivity index (χ2n) is 8.92. The first kappa shape index (κ1) is 21.8. The van der Waals surface area contributed by atoms with Crippen LogP contribution in [0.1, 0.15) is 61.8 Å². The predicted molar refractivity (Wildman–Crippen MR) is 123 cm³/mol. The Balaban J connectivity index is 1.53. The lowest BCUT2D eigenvalue weighted by molar-refractivity contribution is 0.234. The Bertz CT molecular complexity index is 1030. The summed E-state index contributed by atoms with van der Waals surface area (Å²) in [5, 5.41) is 13.5. The summed E-state index contributed by atoms with van der Waals surface area (Å²) in [6.45, 7) is 5.25. The Morgan fingerprint density at radius 3 is 2.52 bits per heavy atom. The van der Waals surface area contributed by atoms with E-state index in [-0.39, 0.29) is 6.04 Å². The summed E-state index contributed by atoms with van der Waals surface area (Å²) in [5.41, 5.74) is 5.91. The number of carbonyl (C=O) groups excluding carboxylic acids is 1. The van der Waals surface area contributed by atoms with Crippen molar-refractivity contribution in [2.45, 2.75) is 77.3 Å². The SMILES string of the molecule is CC(C)N1CCC[C@@H]1/C=C/S(=O)(=NC#N)NC(=O)Nc1c2c(cc3c1CCC3)CCC2. The Hall–Kier alpha value is -2.37. The lowest BCUT2D eigenvalue weighted by Crippen LogP contribution is -2.35. The zero-order valence-corrected chi connectivity index (χ0v) is 19.1. The van der Waals surface area contributed by atoms with Gasteiger partial charge < -0.3 is 5.32 Å². The van der Waals surface area contributed by atoms with E-state index in [1.165, 1.54) is 27.7 Å². The van der Waals surface area contributed by atoms with Gasteiger partial charge in [0.05, 0.1) is 0 Å². The standard InChI is InChI=1S/C23H31N5O2S/c1-16(2)28-12-5-8-19(28)11-13-31(30,25-15-24)27-23(29)26-22-20-9-3-6-17(20)14-18-7-4-10-21(18)22/h11,13-14,16,19H,3-10,12H2,1-2H3,(H2,25,26,27,29,30)/b13-11+/t19-,31?/m1/s1. The third-order valence-electron chi connectivity index (χ3n) is 6.62. The molecule has 0 spiro atoms. The van der Waals surface area contributed by atoms with Crippen LogP contribution < -0.4 is 10.0 Å². The van der Waals surface area contributed by atoms with Crippen molar-refractivity contribution in [2.75, 3.05) is 11.9 Å². The molecule has 1 aliphatic heterocycles. The van der Waals surface area contributed by atoms with Gasteiger partial charge >= 0.3 is 6.03 Å². The van der Waals surface area contributed by atoms with Crippen molar-refractivity contribution < 1.29 is 9.00 Å². The van der Waals surface area contributed by atoms with Gasteiger partial charge in [-0.2, -0.15) is 5.26 Å². The number of anilines is 1. The Morgan fingerprint density at radius 2 is 1.90 bits per heavy atom. The smallest absolute Gasteiger partial charge is 0.307 e. The summed E-state index contributed by atoms with van der Waals surface area (Å²) < 4.78 is 19.3. The van der Waals surface area contributed by atoms with E-state index in [0.717, 1.165) is 63.6 Å². The predicted octanol–water partition coefficient (Wildman–Crippen LogP) is 4.04.